The molecular formula is C15H21F3N2. The van der Waals surface area contributed by atoms with Crippen LogP contribution in [0.1, 0.15) is 25.8 Å². The summed E-state index contributed by atoms with van der Waals surface area (Å²) in [5.41, 5.74) is 0.597. The molecule has 2 unspecified atom stereocenters. The summed E-state index contributed by atoms with van der Waals surface area (Å²) in [6, 6.07) is 9.62. The van der Waals surface area contributed by atoms with Gasteiger partial charge in [0.2, 0.25) is 0 Å². The van der Waals surface area contributed by atoms with Crippen LogP contribution in [-0.2, 0) is 5.54 Å². The van der Waals surface area contributed by atoms with Crippen LogP contribution in [-0.4, -0.2) is 36.8 Å². The Morgan fingerprint density at radius 1 is 1.30 bits per heavy atom. The van der Waals surface area contributed by atoms with Gasteiger partial charge in [-0.2, -0.15) is 13.2 Å². The Bertz CT molecular complexity index is 432. The molecule has 1 fully saturated rings. The summed E-state index contributed by atoms with van der Waals surface area (Å²) in [7, 11) is 0. The normalized spacial score (nSPS) is 28.6. The van der Waals surface area contributed by atoms with E-state index >= 15 is 0 Å². The van der Waals surface area contributed by atoms with E-state index in [1.807, 2.05) is 44.2 Å². The summed E-state index contributed by atoms with van der Waals surface area (Å²) in [6.45, 7) is 4.01. The Morgan fingerprint density at radius 2 is 1.95 bits per heavy atom. The summed E-state index contributed by atoms with van der Waals surface area (Å²) in [5, 5.41) is 3.42. The van der Waals surface area contributed by atoms with E-state index in [9.17, 15) is 13.2 Å². The first-order valence-corrected chi connectivity index (χ1v) is 6.95. The van der Waals surface area contributed by atoms with Crippen molar-refractivity contribution in [3.63, 3.8) is 0 Å². The number of alkyl halides is 3. The van der Waals surface area contributed by atoms with Gasteiger partial charge in [0.25, 0.3) is 0 Å². The van der Waals surface area contributed by atoms with Gasteiger partial charge < -0.3 is 5.32 Å². The van der Waals surface area contributed by atoms with Crippen molar-refractivity contribution >= 4 is 0 Å². The summed E-state index contributed by atoms with van der Waals surface area (Å²) < 4.78 is 38.2. The number of hydrogen-bond donors (Lipinski definition) is 1. The molecule has 2 atom stereocenters. The predicted octanol–water partition coefficient (Wildman–Crippen LogP) is 3.15. The minimum atomic E-state index is -4.15. The molecule has 1 aliphatic rings. The number of nitrogens with one attached hydrogen (secondary N) is 1. The molecule has 1 N–H and O–H groups in total. The minimum absolute atomic E-state index is 0.0617. The molecule has 0 amide bonds. The molecule has 2 nitrogen and oxygen atoms in total. The Hall–Kier alpha value is -1.07. The largest absolute Gasteiger partial charge is 0.401 e. The van der Waals surface area contributed by atoms with Gasteiger partial charge in [-0.1, -0.05) is 37.3 Å². The highest BCUT2D eigenvalue weighted by Crippen LogP contribution is 2.29. The summed E-state index contributed by atoms with van der Waals surface area (Å²) >= 11 is 0. The van der Waals surface area contributed by atoms with Crippen molar-refractivity contribution in [1.29, 1.82) is 0 Å². The predicted molar refractivity (Wildman–Crippen MR) is 73.5 cm³/mol. The van der Waals surface area contributed by atoms with Crippen LogP contribution in [0.2, 0.25) is 0 Å². The van der Waals surface area contributed by atoms with E-state index in [2.05, 4.69) is 5.32 Å². The first-order valence-electron chi connectivity index (χ1n) is 6.95. The van der Waals surface area contributed by atoms with Crippen molar-refractivity contribution in [3.8, 4) is 0 Å². The highest BCUT2D eigenvalue weighted by atomic mass is 19.4. The quantitative estimate of drug-likeness (QED) is 0.918. The van der Waals surface area contributed by atoms with Crippen LogP contribution in [0.4, 0.5) is 13.2 Å². The fourth-order valence-corrected chi connectivity index (χ4v) is 2.88. The molecule has 0 radical (unpaired) electrons. The van der Waals surface area contributed by atoms with E-state index in [0.29, 0.717) is 19.5 Å². The molecule has 1 heterocycles. The van der Waals surface area contributed by atoms with Crippen LogP contribution in [0.3, 0.4) is 0 Å². The van der Waals surface area contributed by atoms with Crippen molar-refractivity contribution in [3.05, 3.63) is 35.9 Å². The summed E-state index contributed by atoms with van der Waals surface area (Å²) in [5.74, 6) is 0. The first kappa shape index (κ1) is 15.3. The van der Waals surface area contributed by atoms with Crippen molar-refractivity contribution in [2.75, 3.05) is 19.6 Å². The van der Waals surface area contributed by atoms with Gasteiger partial charge in [-0.25, -0.2) is 0 Å². The Balaban J connectivity index is 2.19. The molecule has 1 saturated heterocycles. The number of nitrogens with zero attached hydrogens (tertiary/aromatic N) is 1. The van der Waals surface area contributed by atoms with E-state index in [1.54, 1.807) is 4.90 Å². The van der Waals surface area contributed by atoms with Crippen LogP contribution < -0.4 is 5.32 Å². The van der Waals surface area contributed by atoms with Crippen molar-refractivity contribution in [2.24, 2.45) is 0 Å². The average Bonchev–Trinajstić information content (AvgIpc) is 2.38. The van der Waals surface area contributed by atoms with Gasteiger partial charge in [0.1, 0.15) is 0 Å². The summed E-state index contributed by atoms with van der Waals surface area (Å²) in [6.07, 6.45) is -3.43. The second-order valence-electron chi connectivity index (χ2n) is 5.66. The molecule has 2 rings (SSSR count). The second-order valence-corrected chi connectivity index (χ2v) is 5.66. The van der Waals surface area contributed by atoms with Gasteiger partial charge in [-0.05, 0) is 18.9 Å². The molecule has 1 aromatic rings. The standard InChI is InChI=1S/C15H21F3N2/c1-3-13-9-19-14(2,12-7-5-4-6-8-12)10-20(13)11-15(16,17)18/h4-8,13,19H,3,9-11H2,1-2H3. The van der Waals surface area contributed by atoms with Crippen molar-refractivity contribution in [2.45, 2.75) is 38.0 Å². The maximum atomic E-state index is 12.7. The van der Waals surface area contributed by atoms with Crippen LogP contribution in [0.5, 0.6) is 0 Å². The molecule has 0 aliphatic carbocycles. The number of hydrogen-bond acceptors (Lipinski definition) is 2. The Morgan fingerprint density at radius 3 is 2.50 bits per heavy atom. The van der Waals surface area contributed by atoms with Gasteiger partial charge in [0.05, 0.1) is 12.1 Å². The summed E-state index contributed by atoms with van der Waals surface area (Å²) in [4.78, 5) is 1.56. The smallest absolute Gasteiger partial charge is 0.305 e. The molecule has 0 bridgehead atoms. The number of benzene rings is 1. The van der Waals surface area contributed by atoms with Crippen LogP contribution in [0.25, 0.3) is 0 Å². The zero-order valence-electron chi connectivity index (χ0n) is 11.9. The lowest BCUT2D eigenvalue weighted by molar-refractivity contribution is -0.156. The van der Waals surface area contributed by atoms with Gasteiger partial charge in [-0.3, -0.25) is 4.90 Å². The van der Waals surface area contributed by atoms with Gasteiger partial charge in [0.15, 0.2) is 0 Å². The molecule has 0 spiro atoms. The lowest BCUT2D eigenvalue weighted by atomic mass is 9.88. The molecule has 0 aromatic heterocycles. The molecule has 1 aromatic carbocycles. The van der Waals surface area contributed by atoms with E-state index in [1.165, 1.54) is 0 Å². The Labute approximate surface area is 118 Å². The second kappa shape index (κ2) is 5.74. The lowest BCUT2D eigenvalue weighted by Crippen LogP contribution is -2.62. The fourth-order valence-electron chi connectivity index (χ4n) is 2.88. The molecule has 112 valence electrons. The van der Waals surface area contributed by atoms with Crippen LogP contribution in [0, 0.1) is 0 Å². The molecule has 1 aliphatic heterocycles. The zero-order chi connectivity index (χ0) is 14.8. The molecular weight excluding hydrogens is 265 g/mol. The lowest BCUT2D eigenvalue weighted by Gasteiger charge is -2.46. The third-order valence-electron chi connectivity index (χ3n) is 4.03. The van der Waals surface area contributed by atoms with Gasteiger partial charge in [0, 0.05) is 19.1 Å². The average molecular weight is 286 g/mol. The topological polar surface area (TPSA) is 15.3 Å². The molecule has 5 heteroatoms. The molecule has 0 saturated carbocycles. The SMILES string of the molecule is CCC1CNC(C)(c2ccccc2)CN1CC(F)(F)F. The minimum Gasteiger partial charge on any atom is -0.305 e. The third-order valence-corrected chi connectivity index (χ3v) is 4.03. The van der Waals surface area contributed by atoms with Gasteiger partial charge in [-0.15, -0.1) is 0 Å². The zero-order valence-corrected chi connectivity index (χ0v) is 11.9. The fraction of sp³-hybridized carbons (Fsp3) is 0.600. The number of halogens is 3. The maximum Gasteiger partial charge on any atom is 0.401 e. The third kappa shape index (κ3) is 3.52. The first-order chi connectivity index (χ1) is 9.34. The monoisotopic (exact) mass is 286 g/mol. The van der Waals surface area contributed by atoms with E-state index < -0.39 is 18.3 Å². The van der Waals surface area contributed by atoms with Crippen LogP contribution in [0.15, 0.2) is 30.3 Å². The van der Waals surface area contributed by atoms with Gasteiger partial charge >= 0.3 is 6.18 Å². The highest BCUT2D eigenvalue weighted by molar-refractivity contribution is 5.25. The molecule has 20 heavy (non-hydrogen) atoms. The van der Waals surface area contributed by atoms with E-state index in [4.69, 9.17) is 0 Å². The number of piperazine rings is 1. The van der Waals surface area contributed by atoms with Crippen molar-refractivity contribution < 1.29 is 13.2 Å². The van der Waals surface area contributed by atoms with E-state index in [0.717, 1.165) is 5.56 Å². The highest BCUT2D eigenvalue weighted by Gasteiger charge is 2.41. The number of rotatable bonds is 3. The van der Waals surface area contributed by atoms with E-state index in [-0.39, 0.29) is 6.04 Å². The maximum absolute atomic E-state index is 12.7. The van der Waals surface area contributed by atoms with Crippen molar-refractivity contribution in [1.82, 2.24) is 10.2 Å². The Kier molecular flexibility index (Phi) is 4.39. The van der Waals surface area contributed by atoms with Crippen LogP contribution >= 0.6 is 0 Å².